The predicted molar refractivity (Wildman–Crippen MR) is 100 cm³/mol. The molecule has 0 fully saturated rings. The van der Waals surface area contributed by atoms with Gasteiger partial charge in [-0.1, -0.05) is 18.2 Å². The number of aromatic nitrogens is 4. The molecule has 2 aromatic carbocycles. The van der Waals surface area contributed by atoms with Crippen molar-refractivity contribution in [2.24, 2.45) is 0 Å². The van der Waals surface area contributed by atoms with Gasteiger partial charge in [-0.05, 0) is 24.3 Å². The van der Waals surface area contributed by atoms with Gasteiger partial charge in [0.15, 0.2) is 17.1 Å². The van der Waals surface area contributed by atoms with Gasteiger partial charge < -0.3 is 19.2 Å². The van der Waals surface area contributed by atoms with Crippen LogP contribution in [0.2, 0.25) is 0 Å². The van der Waals surface area contributed by atoms with Gasteiger partial charge in [0, 0.05) is 11.1 Å². The molecule has 1 N–H and O–H groups in total. The Morgan fingerprint density at radius 2 is 1.96 bits per heavy atom. The van der Waals surface area contributed by atoms with E-state index in [4.69, 9.17) is 19.2 Å². The third kappa shape index (κ3) is 2.77. The Hall–Kier alpha value is -3.48. The van der Waals surface area contributed by atoms with Gasteiger partial charge >= 0.3 is 0 Å². The molecule has 136 valence electrons. The first-order chi connectivity index (χ1) is 13.3. The Morgan fingerprint density at radius 3 is 2.85 bits per heavy atom. The van der Waals surface area contributed by atoms with Gasteiger partial charge in [-0.2, -0.15) is 5.10 Å². The summed E-state index contributed by atoms with van der Waals surface area (Å²) in [6.07, 6.45) is 1.79. The van der Waals surface area contributed by atoms with E-state index in [0.29, 0.717) is 19.8 Å². The Balaban J connectivity index is 1.50. The number of hydrogen-bond acceptors (Lipinski definition) is 5. The van der Waals surface area contributed by atoms with Gasteiger partial charge in [-0.3, -0.25) is 0 Å². The second kappa shape index (κ2) is 6.35. The number of H-pyrrole nitrogens is 1. The van der Waals surface area contributed by atoms with Crippen molar-refractivity contribution >= 4 is 11.2 Å². The number of fused-ring (bicyclic) bond motifs is 2. The van der Waals surface area contributed by atoms with Crippen molar-refractivity contribution in [1.29, 1.82) is 0 Å². The second-order valence-electron chi connectivity index (χ2n) is 6.30. The van der Waals surface area contributed by atoms with Crippen molar-refractivity contribution in [2.45, 2.75) is 6.54 Å². The molecule has 0 atom stereocenters. The predicted octanol–water partition coefficient (Wildman–Crippen LogP) is 3.25. The monoisotopic (exact) mass is 362 g/mol. The highest BCUT2D eigenvalue weighted by Crippen LogP contribution is 2.34. The Morgan fingerprint density at radius 1 is 1.11 bits per heavy atom. The van der Waals surface area contributed by atoms with Crippen LogP contribution in [0.15, 0.2) is 48.7 Å². The number of rotatable bonds is 4. The number of methoxy groups -OCH3 is 1. The van der Waals surface area contributed by atoms with Crippen LogP contribution in [0, 0.1) is 0 Å². The van der Waals surface area contributed by atoms with Gasteiger partial charge in [0.1, 0.15) is 30.3 Å². The number of nitrogens with zero attached hydrogens (tertiary/aromatic N) is 3. The highest BCUT2D eigenvalue weighted by atomic mass is 16.6. The molecule has 4 aromatic rings. The van der Waals surface area contributed by atoms with E-state index >= 15 is 0 Å². The third-order valence-corrected chi connectivity index (χ3v) is 4.61. The van der Waals surface area contributed by atoms with Crippen LogP contribution in [-0.4, -0.2) is 40.1 Å². The molecule has 1 aliphatic rings. The zero-order valence-electron chi connectivity index (χ0n) is 14.8. The number of benzene rings is 2. The zero-order valence-corrected chi connectivity index (χ0v) is 14.8. The topological polar surface area (TPSA) is 74.2 Å². The van der Waals surface area contributed by atoms with Crippen LogP contribution in [0.1, 0.15) is 5.56 Å². The molecule has 0 saturated carbocycles. The van der Waals surface area contributed by atoms with E-state index < -0.39 is 0 Å². The van der Waals surface area contributed by atoms with E-state index in [-0.39, 0.29) is 0 Å². The first-order valence-corrected chi connectivity index (χ1v) is 8.75. The lowest BCUT2D eigenvalue weighted by atomic mass is 10.2. The molecule has 0 radical (unpaired) electrons. The van der Waals surface area contributed by atoms with E-state index in [1.54, 1.807) is 13.3 Å². The molecular formula is C20H18N4O3. The molecule has 0 unspecified atom stereocenters. The van der Waals surface area contributed by atoms with Crippen LogP contribution >= 0.6 is 0 Å². The number of hydrogen-bond donors (Lipinski definition) is 1. The van der Waals surface area contributed by atoms with Crippen LogP contribution in [0.3, 0.4) is 0 Å². The minimum atomic E-state index is 0.560. The molecular weight excluding hydrogens is 344 g/mol. The minimum absolute atomic E-state index is 0.560. The zero-order chi connectivity index (χ0) is 18.2. The van der Waals surface area contributed by atoms with Crippen molar-refractivity contribution in [3.8, 4) is 28.6 Å². The standard InChI is InChI=1S/C20H18N4O3/c1-25-16-5-3-2-4-14(16)12-24-20-15(11-21-24)22-19(23-20)13-6-7-17-18(10-13)27-9-8-26-17/h2-7,10-11H,8-9,12H2,1H3,(H,22,23). The Labute approximate surface area is 155 Å². The van der Waals surface area contributed by atoms with Crippen molar-refractivity contribution in [2.75, 3.05) is 20.3 Å². The molecule has 0 aliphatic carbocycles. The number of para-hydroxylation sites is 1. The van der Waals surface area contributed by atoms with Crippen molar-refractivity contribution in [3.05, 3.63) is 54.2 Å². The maximum atomic E-state index is 5.67. The maximum absolute atomic E-state index is 5.67. The average Bonchev–Trinajstić information content (AvgIpc) is 3.30. The second-order valence-corrected chi connectivity index (χ2v) is 6.30. The number of ether oxygens (including phenoxy) is 3. The maximum Gasteiger partial charge on any atom is 0.177 e. The molecule has 7 nitrogen and oxygen atoms in total. The molecule has 27 heavy (non-hydrogen) atoms. The van der Waals surface area contributed by atoms with Gasteiger partial charge in [0.2, 0.25) is 0 Å². The number of aromatic amines is 1. The van der Waals surface area contributed by atoms with E-state index in [2.05, 4.69) is 10.1 Å². The van der Waals surface area contributed by atoms with E-state index in [1.807, 2.05) is 47.1 Å². The Kier molecular flexibility index (Phi) is 3.71. The van der Waals surface area contributed by atoms with Crippen LogP contribution in [0.5, 0.6) is 17.2 Å². The quantitative estimate of drug-likeness (QED) is 0.603. The van der Waals surface area contributed by atoms with Gasteiger partial charge in [-0.25, -0.2) is 9.67 Å². The fourth-order valence-corrected chi connectivity index (χ4v) is 3.28. The molecule has 5 rings (SSSR count). The molecule has 3 heterocycles. The summed E-state index contributed by atoms with van der Waals surface area (Å²) in [5.41, 5.74) is 3.67. The molecule has 7 heteroatoms. The van der Waals surface area contributed by atoms with E-state index in [9.17, 15) is 0 Å². The summed E-state index contributed by atoms with van der Waals surface area (Å²) < 4.78 is 18.6. The first kappa shape index (κ1) is 15.7. The molecule has 0 amide bonds. The number of imidazole rings is 1. The van der Waals surface area contributed by atoms with Crippen molar-refractivity contribution < 1.29 is 14.2 Å². The summed E-state index contributed by atoms with van der Waals surface area (Å²) in [7, 11) is 1.67. The Bertz CT molecular complexity index is 1120. The lowest BCUT2D eigenvalue weighted by Gasteiger charge is -2.18. The number of nitrogens with one attached hydrogen (secondary N) is 1. The molecule has 2 aromatic heterocycles. The average molecular weight is 362 g/mol. The molecule has 0 bridgehead atoms. The first-order valence-electron chi connectivity index (χ1n) is 8.75. The fraction of sp³-hybridized carbons (Fsp3) is 0.200. The fourth-order valence-electron chi connectivity index (χ4n) is 3.28. The highest BCUT2D eigenvalue weighted by Gasteiger charge is 2.16. The smallest absolute Gasteiger partial charge is 0.177 e. The molecule has 0 spiro atoms. The van der Waals surface area contributed by atoms with Gasteiger partial charge in [0.25, 0.3) is 0 Å². The third-order valence-electron chi connectivity index (χ3n) is 4.61. The van der Waals surface area contributed by atoms with Crippen LogP contribution in [-0.2, 0) is 6.54 Å². The van der Waals surface area contributed by atoms with E-state index in [0.717, 1.165) is 45.4 Å². The summed E-state index contributed by atoms with van der Waals surface area (Å²) in [5, 5.41) is 4.45. The van der Waals surface area contributed by atoms with Crippen molar-refractivity contribution in [1.82, 2.24) is 19.7 Å². The summed E-state index contributed by atoms with van der Waals surface area (Å²) in [5.74, 6) is 3.12. The summed E-state index contributed by atoms with van der Waals surface area (Å²) in [4.78, 5) is 8.08. The largest absolute Gasteiger partial charge is 0.496 e. The minimum Gasteiger partial charge on any atom is -0.496 e. The summed E-state index contributed by atoms with van der Waals surface area (Å²) >= 11 is 0. The lowest BCUT2D eigenvalue weighted by Crippen LogP contribution is -2.15. The van der Waals surface area contributed by atoms with Crippen molar-refractivity contribution in [3.63, 3.8) is 0 Å². The van der Waals surface area contributed by atoms with Crippen LogP contribution in [0.25, 0.3) is 22.6 Å². The normalized spacial score (nSPS) is 13.1. The lowest BCUT2D eigenvalue weighted by molar-refractivity contribution is 0.171. The van der Waals surface area contributed by atoms with E-state index in [1.165, 1.54) is 0 Å². The molecule has 0 saturated heterocycles. The highest BCUT2D eigenvalue weighted by molar-refractivity contribution is 5.76. The van der Waals surface area contributed by atoms with Gasteiger partial charge in [-0.15, -0.1) is 0 Å². The molecule has 1 aliphatic heterocycles. The van der Waals surface area contributed by atoms with Crippen LogP contribution < -0.4 is 14.2 Å². The van der Waals surface area contributed by atoms with Crippen LogP contribution in [0.4, 0.5) is 0 Å². The SMILES string of the molecule is COc1ccccc1Cn1ncc2[nH]c(-c3ccc4c(c3)OCCO4)nc21. The van der Waals surface area contributed by atoms with Gasteiger partial charge in [0.05, 0.1) is 19.9 Å². The summed E-state index contributed by atoms with van der Waals surface area (Å²) in [6, 6.07) is 13.8. The summed E-state index contributed by atoms with van der Waals surface area (Å²) in [6.45, 7) is 1.72.